The van der Waals surface area contributed by atoms with Gasteiger partial charge in [-0.05, 0) is 54.0 Å². The molecule has 2 rings (SSSR count). The molecule has 0 bridgehead atoms. The van der Waals surface area contributed by atoms with E-state index in [4.69, 9.17) is 0 Å². The van der Waals surface area contributed by atoms with Crippen LogP contribution in [0.15, 0.2) is 45.3 Å². The Morgan fingerprint density at radius 2 is 1.95 bits per heavy atom. The van der Waals surface area contributed by atoms with Crippen LogP contribution in [0.25, 0.3) is 0 Å². The number of carbonyl (C=O) groups excluding carboxylic acids is 1. The number of nitrogens with zero attached hydrogens (tertiary/aromatic N) is 1. The SMILES string of the molecule is C/C(=N/NC(=O)CNc1ccc(C)cc1)c1ccc(Br)s1. The highest BCUT2D eigenvalue weighted by molar-refractivity contribution is 9.11. The zero-order chi connectivity index (χ0) is 15.2. The Kier molecular flexibility index (Phi) is 5.52. The molecule has 1 heterocycles. The van der Waals surface area contributed by atoms with Gasteiger partial charge in [-0.15, -0.1) is 11.3 Å². The quantitative estimate of drug-likeness (QED) is 0.625. The molecule has 0 aliphatic carbocycles. The predicted molar refractivity (Wildman–Crippen MR) is 92.0 cm³/mol. The number of halogens is 1. The van der Waals surface area contributed by atoms with Crippen LogP contribution in [0.5, 0.6) is 0 Å². The molecule has 0 saturated carbocycles. The summed E-state index contributed by atoms with van der Waals surface area (Å²) in [6, 6.07) is 11.8. The summed E-state index contributed by atoms with van der Waals surface area (Å²) in [5.41, 5.74) is 5.44. The Labute approximate surface area is 136 Å². The Bertz CT molecular complexity index is 649. The molecule has 6 heteroatoms. The van der Waals surface area contributed by atoms with Crippen molar-refractivity contribution in [3.05, 3.63) is 50.6 Å². The van der Waals surface area contributed by atoms with Gasteiger partial charge >= 0.3 is 0 Å². The Morgan fingerprint density at radius 3 is 2.57 bits per heavy atom. The van der Waals surface area contributed by atoms with Gasteiger partial charge in [0, 0.05) is 5.69 Å². The first-order chi connectivity index (χ1) is 10.0. The molecule has 0 fully saturated rings. The van der Waals surface area contributed by atoms with Crippen molar-refractivity contribution in [3.63, 3.8) is 0 Å². The third-order valence-electron chi connectivity index (χ3n) is 2.78. The van der Waals surface area contributed by atoms with E-state index < -0.39 is 0 Å². The summed E-state index contributed by atoms with van der Waals surface area (Å²) in [7, 11) is 0. The van der Waals surface area contributed by atoms with Crippen molar-refractivity contribution < 1.29 is 4.79 Å². The number of hydrogen-bond acceptors (Lipinski definition) is 4. The van der Waals surface area contributed by atoms with Crippen LogP contribution in [0, 0.1) is 6.92 Å². The monoisotopic (exact) mass is 365 g/mol. The van der Waals surface area contributed by atoms with E-state index in [0.717, 1.165) is 20.1 Å². The fraction of sp³-hybridized carbons (Fsp3) is 0.200. The first kappa shape index (κ1) is 15.7. The maximum Gasteiger partial charge on any atom is 0.259 e. The molecular weight excluding hydrogens is 350 g/mol. The van der Waals surface area contributed by atoms with Gasteiger partial charge in [-0.25, -0.2) is 5.43 Å². The van der Waals surface area contributed by atoms with Crippen molar-refractivity contribution in [1.29, 1.82) is 0 Å². The minimum atomic E-state index is -0.175. The second kappa shape index (κ2) is 7.38. The van der Waals surface area contributed by atoms with Gasteiger partial charge in [-0.1, -0.05) is 17.7 Å². The zero-order valence-corrected chi connectivity index (χ0v) is 14.2. The summed E-state index contributed by atoms with van der Waals surface area (Å²) in [6.45, 7) is 4.08. The number of rotatable bonds is 5. The lowest BCUT2D eigenvalue weighted by atomic mass is 10.2. The van der Waals surface area contributed by atoms with Gasteiger partial charge in [0.15, 0.2) is 0 Å². The first-order valence-electron chi connectivity index (χ1n) is 6.44. The molecule has 0 unspecified atom stereocenters. The largest absolute Gasteiger partial charge is 0.376 e. The molecule has 21 heavy (non-hydrogen) atoms. The van der Waals surface area contributed by atoms with E-state index in [0.29, 0.717) is 0 Å². The van der Waals surface area contributed by atoms with Crippen molar-refractivity contribution in [1.82, 2.24) is 5.43 Å². The van der Waals surface area contributed by atoms with E-state index in [-0.39, 0.29) is 12.5 Å². The number of amides is 1. The fourth-order valence-corrected chi connectivity index (χ4v) is 2.93. The van der Waals surface area contributed by atoms with E-state index >= 15 is 0 Å². The third kappa shape index (κ3) is 4.99. The van der Waals surface area contributed by atoms with Crippen LogP contribution in [0.1, 0.15) is 17.4 Å². The topological polar surface area (TPSA) is 53.5 Å². The molecule has 0 aliphatic rings. The summed E-state index contributed by atoms with van der Waals surface area (Å²) in [4.78, 5) is 12.8. The number of thiophene rings is 1. The Hall–Kier alpha value is -1.66. The molecule has 0 atom stereocenters. The van der Waals surface area contributed by atoms with Crippen LogP contribution in [-0.4, -0.2) is 18.2 Å². The van der Waals surface area contributed by atoms with Crippen molar-refractivity contribution in [2.45, 2.75) is 13.8 Å². The van der Waals surface area contributed by atoms with Crippen molar-refractivity contribution in [2.24, 2.45) is 5.10 Å². The number of aryl methyl sites for hydroxylation is 1. The number of hydrazone groups is 1. The van der Waals surface area contributed by atoms with Crippen LogP contribution in [0.2, 0.25) is 0 Å². The van der Waals surface area contributed by atoms with Crippen LogP contribution < -0.4 is 10.7 Å². The Balaban J connectivity index is 1.83. The first-order valence-corrected chi connectivity index (χ1v) is 8.05. The maximum atomic E-state index is 11.7. The summed E-state index contributed by atoms with van der Waals surface area (Å²) in [6.07, 6.45) is 0. The number of carbonyl (C=O) groups is 1. The highest BCUT2D eigenvalue weighted by Crippen LogP contribution is 2.22. The van der Waals surface area contributed by atoms with Crippen LogP contribution in [-0.2, 0) is 4.79 Å². The van der Waals surface area contributed by atoms with Crippen LogP contribution >= 0.6 is 27.3 Å². The van der Waals surface area contributed by atoms with E-state index in [1.165, 1.54) is 5.56 Å². The van der Waals surface area contributed by atoms with Crippen molar-refractivity contribution in [2.75, 3.05) is 11.9 Å². The highest BCUT2D eigenvalue weighted by Gasteiger charge is 2.03. The molecule has 0 saturated heterocycles. The van der Waals surface area contributed by atoms with Crippen molar-refractivity contribution in [3.8, 4) is 0 Å². The zero-order valence-electron chi connectivity index (χ0n) is 11.8. The number of benzene rings is 1. The van der Waals surface area contributed by atoms with Crippen molar-refractivity contribution >= 4 is 44.6 Å². The number of hydrogen-bond donors (Lipinski definition) is 2. The summed E-state index contributed by atoms with van der Waals surface area (Å²) in [5, 5.41) is 7.15. The van der Waals surface area contributed by atoms with Gasteiger partial charge < -0.3 is 5.32 Å². The van der Waals surface area contributed by atoms with Gasteiger partial charge in [0.05, 0.1) is 20.9 Å². The fourth-order valence-electron chi connectivity index (χ4n) is 1.60. The van der Waals surface area contributed by atoms with Gasteiger partial charge in [-0.3, -0.25) is 4.79 Å². The van der Waals surface area contributed by atoms with E-state index in [1.54, 1.807) is 11.3 Å². The van der Waals surface area contributed by atoms with Gasteiger partial charge in [0.25, 0.3) is 5.91 Å². The normalized spacial score (nSPS) is 11.3. The lowest BCUT2D eigenvalue weighted by Crippen LogP contribution is -2.26. The average Bonchev–Trinajstić information content (AvgIpc) is 2.91. The maximum absolute atomic E-state index is 11.7. The second-order valence-corrected chi connectivity index (χ2v) is 7.02. The molecule has 1 amide bonds. The molecule has 0 spiro atoms. The molecular formula is C15H16BrN3OS. The number of anilines is 1. The van der Waals surface area contributed by atoms with Crippen LogP contribution in [0.4, 0.5) is 5.69 Å². The molecule has 0 aliphatic heterocycles. The third-order valence-corrected chi connectivity index (χ3v) is 4.52. The minimum absolute atomic E-state index is 0.175. The summed E-state index contributed by atoms with van der Waals surface area (Å²) >= 11 is 4.98. The second-order valence-electron chi connectivity index (χ2n) is 4.56. The van der Waals surface area contributed by atoms with E-state index in [9.17, 15) is 4.79 Å². The molecule has 1 aromatic heterocycles. The molecule has 110 valence electrons. The minimum Gasteiger partial charge on any atom is -0.376 e. The van der Waals surface area contributed by atoms with Gasteiger partial charge in [-0.2, -0.15) is 5.10 Å². The summed E-state index contributed by atoms with van der Waals surface area (Å²) < 4.78 is 1.04. The molecule has 1 aromatic carbocycles. The molecule has 0 radical (unpaired) electrons. The summed E-state index contributed by atoms with van der Waals surface area (Å²) in [5.74, 6) is -0.175. The predicted octanol–water partition coefficient (Wildman–Crippen LogP) is 3.77. The van der Waals surface area contributed by atoms with E-state index in [1.807, 2.05) is 50.2 Å². The van der Waals surface area contributed by atoms with Gasteiger partial charge in [0.1, 0.15) is 0 Å². The standard InChI is InChI=1S/C15H16BrN3OS/c1-10-3-5-12(6-4-10)17-9-15(20)19-18-11(2)13-7-8-14(16)21-13/h3-8,17H,9H2,1-2H3,(H,19,20)/b18-11-. The average molecular weight is 366 g/mol. The Morgan fingerprint density at radius 1 is 1.24 bits per heavy atom. The highest BCUT2D eigenvalue weighted by atomic mass is 79.9. The molecule has 2 aromatic rings. The van der Waals surface area contributed by atoms with Gasteiger partial charge in [0.2, 0.25) is 0 Å². The smallest absolute Gasteiger partial charge is 0.259 e. The van der Waals surface area contributed by atoms with Crippen LogP contribution in [0.3, 0.4) is 0 Å². The lowest BCUT2D eigenvalue weighted by molar-refractivity contribution is -0.119. The lowest BCUT2D eigenvalue weighted by Gasteiger charge is -2.06. The number of nitrogens with one attached hydrogen (secondary N) is 2. The molecule has 4 nitrogen and oxygen atoms in total. The molecule has 2 N–H and O–H groups in total. The van der Waals surface area contributed by atoms with E-state index in [2.05, 4.69) is 31.8 Å².